The second kappa shape index (κ2) is 6.89. The van der Waals surface area contributed by atoms with Gasteiger partial charge in [0.05, 0.1) is 20.8 Å². The highest BCUT2D eigenvalue weighted by Crippen LogP contribution is 2.36. The first kappa shape index (κ1) is 17.5. The van der Waals surface area contributed by atoms with Crippen molar-refractivity contribution in [1.29, 1.82) is 0 Å². The molecule has 0 saturated carbocycles. The van der Waals surface area contributed by atoms with Crippen LogP contribution in [0.4, 0.5) is 0 Å². The predicted octanol–water partition coefficient (Wildman–Crippen LogP) is 0.857. The Balaban J connectivity index is 2.23. The summed E-state index contributed by atoms with van der Waals surface area (Å²) in [5.41, 5.74) is 1.96. The molecule has 1 aliphatic heterocycles. The van der Waals surface area contributed by atoms with Crippen LogP contribution < -0.4 is 20.3 Å². The molecule has 2 aromatic rings. The third-order valence-corrected chi connectivity index (χ3v) is 4.95. The summed E-state index contributed by atoms with van der Waals surface area (Å²) >= 11 is 5.14. The molecule has 0 fully saturated rings. The minimum atomic E-state index is -0.365. The number of benzene rings is 1. The Hall–Kier alpha value is -2.32. The Morgan fingerprint density at radius 3 is 2.68 bits per heavy atom. The van der Waals surface area contributed by atoms with Crippen molar-refractivity contribution in [2.75, 3.05) is 20.8 Å². The van der Waals surface area contributed by atoms with Crippen molar-refractivity contribution in [2.45, 2.75) is 25.9 Å². The van der Waals surface area contributed by atoms with Gasteiger partial charge < -0.3 is 19.9 Å². The zero-order valence-electron chi connectivity index (χ0n) is 14.5. The average molecular weight is 364 g/mol. The highest BCUT2D eigenvalue weighted by Gasteiger charge is 2.32. The predicted molar refractivity (Wildman–Crippen MR) is 95.1 cm³/mol. The topological polar surface area (TPSA) is 93.1 Å². The lowest BCUT2D eigenvalue weighted by molar-refractivity contribution is -0.690. The number of nitrogens with one attached hydrogen (secondary N) is 1. The molecule has 25 heavy (non-hydrogen) atoms. The zero-order chi connectivity index (χ0) is 18.1. The van der Waals surface area contributed by atoms with Gasteiger partial charge in [-0.1, -0.05) is 0 Å². The highest BCUT2D eigenvalue weighted by molar-refractivity contribution is 7.71. The molecule has 0 unspecified atom stereocenters. The van der Waals surface area contributed by atoms with Gasteiger partial charge >= 0.3 is 0 Å². The van der Waals surface area contributed by atoms with Crippen molar-refractivity contribution in [3.8, 4) is 17.4 Å². The number of hydrogen-bond acceptors (Lipinski definition) is 5. The number of methoxy groups -OCH3 is 2. The van der Waals surface area contributed by atoms with Gasteiger partial charge in [-0.3, -0.25) is 14.3 Å². The molecule has 1 aliphatic rings. The van der Waals surface area contributed by atoms with E-state index in [2.05, 4.69) is 4.98 Å². The first-order valence-corrected chi connectivity index (χ1v) is 8.56. The van der Waals surface area contributed by atoms with Gasteiger partial charge in [0, 0.05) is 18.5 Å². The molecular formula is C17H22N3O4S+. The average Bonchev–Trinajstić information content (AvgIpc) is 2.60. The smallest absolute Gasteiger partial charge is 0.265 e. The Kier molecular flexibility index (Phi) is 4.82. The van der Waals surface area contributed by atoms with Gasteiger partial charge in [0.25, 0.3) is 5.56 Å². The maximum Gasteiger partial charge on any atom is 0.265 e. The van der Waals surface area contributed by atoms with Crippen LogP contribution in [-0.2, 0) is 13.0 Å². The van der Waals surface area contributed by atoms with E-state index in [1.165, 1.54) is 4.57 Å². The van der Waals surface area contributed by atoms with Crippen LogP contribution in [0.5, 0.6) is 17.4 Å². The standard InChI is InChI=1S/C17H21N3O4S/c1-4-20-16(22)13(15(21)19-17(20)25)14-10-8-12(24-3)11(23-2)7-9(10)5-6-18-14/h7-8,14,18,22H,4-6H2,1-3H3,(H,19,21,25)/p+1/t14-/m1/s1. The van der Waals surface area contributed by atoms with Crippen LogP contribution >= 0.6 is 12.2 Å². The minimum absolute atomic E-state index is 0.0832. The van der Waals surface area contributed by atoms with Crippen LogP contribution in [0.25, 0.3) is 0 Å². The third kappa shape index (κ3) is 2.91. The Morgan fingerprint density at radius 2 is 2.04 bits per heavy atom. The Morgan fingerprint density at radius 1 is 1.36 bits per heavy atom. The van der Waals surface area contributed by atoms with E-state index in [4.69, 9.17) is 21.7 Å². The van der Waals surface area contributed by atoms with Crippen molar-refractivity contribution in [1.82, 2.24) is 9.55 Å². The van der Waals surface area contributed by atoms with E-state index in [1.54, 1.807) is 14.2 Å². The number of hydrogen-bond donors (Lipinski definition) is 3. The summed E-state index contributed by atoms with van der Waals surface area (Å²) in [6.07, 6.45) is 0.845. The lowest BCUT2D eigenvalue weighted by Gasteiger charge is -2.26. The quantitative estimate of drug-likeness (QED) is 0.700. The van der Waals surface area contributed by atoms with Crippen LogP contribution in [0.3, 0.4) is 0 Å². The molecule has 3 rings (SSSR count). The first-order valence-electron chi connectivity index (χ1n) is 8.15. The number of nitrogens with two attached hydrogens (primary N) is 1. The second-order valence-corrected chi connectivity index (χ2v) is 6.29. The summed E-state index contributed by atoms with van der Waals surface area (Å²) in [5.74, 6) is 1.17. The number of quaternary nitrogens is 1. The monoisotopic (exact) mass is 364 g/mol. The van der Waals surface area contributed by atoms with Crippen LogP contribution in [0.15, 0.2) is 16.9 Å². The minimum Gasteiger partial charge on any atom is -0.494 e. The maximum atomic E-state index is 12.5. The van der Waals surface area contributed by atoms with Gasteiger partial charge in [0.1, 0.15) is 11.6 Å². The lowest BCUT2D eigenvalue weighted by Crippen LogP contribution is -2.87. The fraction of sp³-hybridized carbons (Fsp3) is 0.412. The molecule has 0 amide bonds. The van der Waals surface area contributed by atoms with Gasteiger partial charge in [-0.25, -0.2) is 0 Å². The number of aromatic amines is 1. The number of aromatic nitrogens is 2. The third-order valence-electron chi connectivity index (χ3n) is 4.63. The van der Waals surface area contributed by atoms with E-state index in [9.17, 15) is 9.90 Å². The van der Waals surface area contributed by atoms with Crippen LogP contribution in [0.2, 0.25) is 0 Å². The van der Waals surface area contributed by atoms with E-state index in [0.29, 0.717) is 23.6 Å². The molecule has 0 aliphatic carbocycles. The molecule has 4 N–H and O–H groups in total. The molecule has 0 spiro atoms. The van der Waals surface area contributed by atoms with Gasteiger partial charge in [0.15, 0.2) is 16.3 Å². The number of fused-ring (bicyclic) bond motifs is 1. The molecular weight excluding hydrogens is 342 g/mol. The van der Waals surface area contributed by atoms with Gasteiger partial charge in [-0.2, -0.15) is 0 Å². The number of H-pyrrole nitrogens is 1. The largest absolute Gasteiger partial charge is 0.494 e. The summed E-state index contributed by atoms with van der Waals surface area (Å²) in [5, 5.41) is 12.7. The van der Waals surface area contributed by atoms with Gasteiger partial charge in [-0.05, 0) is 36.8 Å². The molecule has 134 valence electrons. The molecule has 8 heteroatoms. The SMILES string of the molecule is CCn1c(O)c([C@@H]2[NH2+]CCc3cc(OC)c(OC)cc32)c(=O)[nH]c1=S. The maximum absolute atomic E-state index is 12.5. The molecule has 0 radical (unpaired) electrons. The highest BCUT2D eigenvalue weighted by atomic mass is 32.1. The van der Waals surface area contributed by atoms with Crippen molar-refractivity contribution in [3.63, 3.8) is 0 Å². The van der Waals surface area contributed by atoms with Crippen LogP contribution in [-0.4, -0.2) is 35.4 Å². The van der Waals surface area contributed by atoms with E-state index in [1.807, 2.05) is 24.4 Å². The Bertz CT molecular complexity index is 919. The summed E-state index contributed by atoms with van der Waals surface area (Å²) in [7, 11) is 3.17. The van der Waals surface area contributed by atoms with Crippen molar-refractivity contribution >= 4 is 12.2 Å². The summed E-state index contributed by atoms with van der Waals surface area (Å²) in [6.45, 7) is 3.14. The fourth-order valence-corrected chi connectivity index (χ4v) is 3.71. The number of aromatic hydroxyl groups is 1. The molecule has 1 aromatic carbocycles. The molecule has 0 bridgehead atoms. The molecule has 1 aromatic heterocycles. The number of nitrogens with zero attached hydrogens (tertiary/aromatic N) is 1. The molecule has 0 saturated heterocycles. The number of ether oxygens (including phenoxy) is 2. The van der Waals surface area contributed by atoms with Crippen molar-refractivity contribution < 1.29 is 19.9 Å². The molecule has 2 heterocycles. The Labute approximate surface area is 150 Å². The second-order valence-electron chi connectivity index (χ2n) is 5.90. The summed E-state index contributed by atoms with van der Waals surface area (Å²) in [4.78, 5) is 15.2. The number of rotatable bonds is 4. The molecule has 7 nitrogen and oxygen atoms in total. The van der Waals surface area contributed by atoms with E-state index < -0.39 is 0 Å². The normalized spacial score (nSPS) is 16.4. The van der Waals surface area contributed by atoms with E-state index in [-0.39, 0.29) is 22.3 Å². The summed E-state index contributed by atoms with van der Waals surface area (Å²) < 4.78 is 12.5. The fourth-order valence-electron chi connectivity index (χ4n) is 3.40. The zero-order valence-corrected chi connectivity index (χ0v) is 15.3. The lowest BCUT2D eigenvalue weighted by atomic mass is 9.90. The van der Waals surface area contributed by atoms with Gasteiger partial charge in [-0.15, -0.1) is 0 Å². The van der Waals surface area contributed by atoms with E-state index >= 15 is 0 Å². The van der Waals surface area contributed by atoms with Crippen LogP contribution in [0.1, 0.15) is 29.7 Å². The first-order chi connectivity index (χ1) is 12.0. The van der Waals surface area contributed by atoms with Crippen molar-refractivity contribution in [2.24, 2.45) is 0 Å². The van der Waals surface area contributed by atoms with E-state index in [0.717, 1.165) is 24.1 Å². The van der Waals surface area contributed by atoms with Gasteiger partial charge in [0.2, 0.25) is 5.88 Å². The van der Waals surface area contributed by atoms with Crippen LogP contribution in [0, 0.1) is 4.77 Å². The molecule has 1 atom stereocenters. The summed E-state index contributed by atoms with van der Waals surface area (Å²) in [6, 6.07) is 3.49. The van der Waals surface area contributed by atoms with Crippen molar-refractivity contribution in [3.05, 3.63) is 43.9 Å².